The molecule has 2 aromatic rings. The fraction of sp³-hybridized carbons (Fsp3) is 0. The van der Waals surface area contributed by atoms with Crippen LogP contribution in [0, 0.1) is 10.1 Å². The monoisotopic (exact) mass is 241 g/mol. The first kappa shape index (κ1) is 10.0. The van der Waals surface area contributed by atoms with E-state index in [0.717, 1.165) is 11.5 Å². The predicted octanol–water partition coefficient (Wildman–Crippen LogP) is 2.77. The minimum absolute atomic E-state index is 0.0124. The van der Waals surface area contributed by atoms with Gasteiger partial charge in [0, 0.05) is 17.7 Å². The van der Waals surface area contributed by atoms with Crippen LogP contribution >= 0.6 is 23.1 Å². The van der Waals surface area contributed by atoms with Gasteiger partial charge < -0.3 is 0 Å². The summed E-state index contributed by atoms with van der Waals surface area (Å²) in [6.07, 6.45) is 0. The van der Waals surface area contributed by atoms with Crippen molar-refractivity contribution in [1.82, 2.24) is 9.36 Å². The first-order valence-electron chi connectivity index (χ1n) is 3.91. The van der Waals surface area contributed by atoms with Gasteiger partial charge in [-0.05, 0) is 23.1 Å². The van der Waals surface area contributed by atoms with Gasteiger partial charge in [0.25, 0.3) is 5.69 Å². The second kappa shape index (κ2) is 3.92. The summed E-state index contributed by atoms with van der Waals surface area (Å²) in [4.78, 5) is 14.0. The van der Waals surface area contributed by atoms with Gasteiger partial charge in [0.05, 0.1) is 4.92 Å². The van der Waals surface area contributed by atoms with E-state index >= 15 is 0 Å². The predicted molar refractivity (Wildman–Crippen MR) is 57.0 cm³/mol. The van der Waals surface area contributed by atoms with Crippen molar-refractivity contribution in [2.45, 2.75) is 0 Å². The molecule has 0 saturated carbocycles. The van der Waals surface area contributed by atoms with E-state index in [9.17, 15) is 10.1 Å². The topological polar surface area (TPSA) is 68.9 Å². The number of hydrogen-bond acceptors (Lipinski definition) is 5. The van der Waals surface area contributed by atoms with E-state index < -0.39 is 4.92 Å². The molecule has 0 fully saturated rings. The molecule has 2 rings (SSSR count). The third-order valence-electron chi connectivity index (χ3n) is 1.72. The van der Waals surface area contributed by atoms with Crippen molar-refractivity contribution in [1.29, 1.82) is 0 Å². The Hall–Kier alpha value is -1.53. The highest BCUT2D eigenvalue weighted by Crippen LogP contribution is 2.24. The SMILES string of the molecule is O=[N+]([O-])c1cccc(-c2nsc(Cl)n2)c1. The highest BCUT2D eigenvalue weighted by Gasteiger charge is 2.10. The number of benzene rings is 1. The van der Waals surface area contributed by atoms with E-state index in [1.807, 2.05) is 0 Å². The van der Waals surface area contributed by atoms with Crippen molar-refractivity contribution in [3.63, 3.8) is 0 Å². The van der Waals surface area contributed by atoms with E-state index in [-0.39, 0.29) is 5.69 Å². The molecule has 0 atom stereocenters. The average Bonchev–Trinajstić information content (AvgIpc) is 2.65. The van der Waals surface area contributed by atoms with E-state index in [4.69, 9.17) is 11.6 Å². The Morgan fingerprint density at radius 3 is 2.87 bits per heavy atom. The summed E-state index contributed by atoms with van der Waals surface area (Å²) in [7, 11) is 0. The van der Waals surface area contributed by atoms with Gasteiger partial charge in [0.15, 0.2) is 5.82 Å². The lowest BCUT2D eigenvalue weighted by molar-refractivity contribution is -0.384. The summed E-state index contributed by atoms with van der Waals surface area (Å²) in [5.74, 6) is 0.411. The fourth-order valence-corrected chi connectivity index (χ4v) is 1.70. The standard InChI is InChI=1S/C8H4ClN3O2S/c9-8-10-7(11-15-8)5-2-1-3-6(4-5)12(13)14/h1-4H. The molecule has 0 amide bonds. The zero-order chi connectivity index (χ0) is 10.8. The average molecular weight is 242 g/mol. The van der Waals surface area contributed by atoms with Gasteiger partial charge in [-0.1, -0.05) is 12.1 Å². The van der Waals surface area contributed by atoms with Crippen LogP contribution in [-0.4, -0.2) is 14.3 Å². The Morgan fingerprint density at radius 1 is 1.47 bits per heavy atom. The minimum atomic E-state index is -0.461. The van der Waals surface area contributed by atoms with Crippen LogP contribution in [-0.2, 0) is 0 Å². The van der Waals surface area contributed by atoms with Crippen LogP contribution in [0.25, 0.3) is 11.4 Å². The molecule has 1 aromatic heterocycles. The Labute approximate surface area is 93.7 Å². The molecule has 0 unspecified atom stereocenters. The maximum atomic E-state index is 10.5. The Bertz CT molecular complexity index is 514. The molecule has 0 aliphatic rings. The van der Waals surface area contributed by atoms with Crippen LogP contribution in [0.3, 0.4) is 0 Å². The second-order valence-electron chi connectivity index (χ2n) is 2.68. The molecule has 0 aliphatic carbocycles. The van der Waals surface area contributed by atoms with Crippen LogP contribution < -0.4 is 0 Å². The number of nitro groups is 1. The highest BCUT2D eigenvalue weighted by atomic mass is 35.5. The summed E-state index contributed by atoms with van der Waals surface area (Å²) in [6, 6.07) is 6.11. The van der Waals surface area contributed by atoms with Gasteiger partial charge in [-0.3, -0.25) is 10.1 Å². The zero-order valence-corrected chi connectivity index (χ0v) is 8.83. The van der Waals surface area contributed by atoms with E-state index in [1.54, 1.807) is 12.1 Å². The van der Waals surface area contributed by atoms with Crippen molar-refractivity contribution >= 4 is 28.8 Å². The van der Waals surface area contributed by atoms with Crippen LogP contribution in [0.2, 0.25) is 4.47 Å². The van der Waals surface area contributed by atoms with Crippen molar-refractivity contribution in [2.75, 3.05) is 0 Å². The Morgan fingerprint density at radius 2 is 2.27 bits per heavy atom. The van der Waals surface area contributed by atoms with Gasteiger partial charge in [-0.2, -0.15) is 4.37 Å². The minimum Gasteiger partial charge on any atom is -0.258 e. The molecule has 5 nitrogen and oxygen atoms in total. The summed E-state index contributed by atoms with van der Waals surface area (Å²) in [6.45, 7) is 0. The van der Waals surface area contributed by atoms with Gasteiger partial charge >= 0.3 is 0 Å². The molecule has 0 spiro atoms. The lowest BCUT2D eigenvalue weighted by atomic mass is 10.2. The van der Waals surface area contributed by atoms with Crippen molar-refractivity contribution in [3.8, 4) is 11.4 Å². The van der Waals surface area contributed by atoms with E-state index in [1.165, 1.54) is 12.1 Å². The molecule has 0 radical (unpaired) electrons. The molecule has 1 aromatic carbocycles. The molecule has 0 N–H and O–H groups in total. The summed E-state index contributed by atoms with van der Waals surface area (Å²) in [5, 5.41) is 10.5. The molecule has 15 heavy (non-hydrogen) atoms. The lowest BCUT2D eigenvalue weighted by Gasteiger charge is -1.94. The van der Waals surface area contributed by atoms with E-state index in [2.05, 4.69) is 9.36 Å². The largest absolute Gasteiger partial charge is 0.270 e. The van der Waals surface area contributed by atoms with Crippen molar-refractivity contribution in [3.05, 3.63) is 38.8 Å². The Balaban J connectivity index is 2.45. The number of non-ortho nitro benzene ring substituents is 1. The molecule has 1 heterocycles. The van der Waals surface area contributed by atoms with Crippen LogP contribution in [0.5, 0.6) is 0 Å². The first-order chi connectivity index (χ1) is 7.16. The molecular weight excluding hydrogens is 238 g/mol. The maximum absolute atomic E-state index is 10.5. The maximum Gasteiger partial charge on any atom is 0.270 e. The van der Waals surface area contributed by atoms with Crippen molar-refractivity contribution < 1.29 is 4.92 Å². The van der Waals surface area contributed by atoms with Crippen LogP contribution in [0.1, 0.15) is 0 Å². The third-order valence-corrected chi connectivity index (χ3v) is 2.51. The molecule has 7 heteroatoms. The lowest BCUT2D eigenvalue weighted by Crippen LogP contribution is -1.88. The van der Waals surface area contributed by atoms with Gasteiger partial charge in [0.1, 0.15) is 0 Å². The number of nitrogens with zero attached hydrogens (tertiary/aromatic N) is 3. The number of halogens is 1. The smallest absolute Gasteiger partial charge is 0.258 e. The summed E-state index contributed by atoms with van der Waals surface area (Å²) < 4.78 is 4.28. The van der Waals surface area contributed by atoms with Crippen molar-refractivity contribution in [2.24, 2.45) is 0 Å². The van der Waals surface area contributed by atoms with Crippen LogP contribution in [0.4, 0.5) is 5.69 Å². The molecule has 0 aliphatic heterocycles. The molecule has 0 bridgehead atoms. The summed E-state index contributed by atoms with van der Waals surface area (Å²) >= 11 is 6.67. The molecule has 0 saturated heterocycles. The molecular formula is C8H4ClN3O2S. The van der Waals surface area contributed by atoms with Crippen LogP contribution in [0.15, 0.2) is 24.3 Å². The third kappa shape index (κ3) is 2.11. The van der Waals surface area contributed by atoms with Gasteiger partial charge in [-0.15, -0.1) is 0 Å². The zero-order valence-electron chi connectivity index (χ0n) is 7.25. The highest BCUT2D eigenvalue weighted by molar-refractivity contribution is 7.10. The normalized spacial score (nSPS) is 10.2. The number of aromatic nitrogens is 2. The Kier molecular flexibility index (Phi) is 2.61. The van der Waals surface area contributed by atoms with Gasteiger partial charge in [-0.25, -0.2) is 4.98 Å². The summed E-state index contributed by atoms with van der Waals surface area (Å²) in [5.41, 5.74) is 0.603. The van der Waals surface area contributed by atoms with Gasteiger partial charge in [0.2, 0.25) is 4.47 Å². The number of rotatable bonds is 2. The number of nitro benzene ring substituents is 1. The second-order valence-corrected chi connectivity index (χ2v) is 4.01. The fourth-order valence-electron chi connectivity index (χ4n) is 1.08. The number of hydrogen-bond donors (Lipinski definition) is 0. The first-order valence-corrected chi connectivity index (χ1v) is 5.06. The quantitative estimate of drug-likeness (QED) is 0.599. The molecule has 76 valence electrons. The van der Waals surface area contributed by atoms with E-state index in [0.29, 0.717) is 15.9 Å².